The van der Waals surface area contributed by atoms with E-state index in [4.69, 9.17) is 9.47 Å². The quantitative estimate of drug-likeness (QED) is 0.588. The smallest absolute Gasteiger partial charge is 0.233 e. The second-order valence-electron chi connectivity index (χ2n) is 6.51. The fourth-order valence-corrected chi connectivity index (χ4v) is 4.79. The van der Waals surface area contributed by atoms with Crippen LogP contribution >= 0.6 is 23.1 Å². The molecule has 2 atom stereocenters. The van der Waals surface area contributed by atoms with E-state index in [0.717, 1.165) is 21.3 Å². The molecule has 0 fully saturated rings. The van der Waals surface area contributed by atoms with Crippen molar-refractivity contribution < 1.29 is 18.7 Å². The van der Waals surface area contributed by atoms with Gasteiger partial charge in [-0.3, -0.25) is 4.79 Å². The topological polar surface area (TPSA) is 60.5 Å². The number of benzene rings is 2. The predicted octanol–water partition coefficient (Wildman–Crippen LogP) is 4.39. The molecule has 1 N–H and O–H groups in total. The number of nitrogens with one attached hydrogen (secondary N) is 1. The van der Waals surface area contributed by atoms with Crippen LogP contribution in [-0.4, -0.2) is 35.4 Å². The molecule has 1 aliphatic heterocycles. The highest BCUT2D eigenvalue weighted by Gasteiger charge is 2.23. The number of amides is 1. The van der Waals surface area contributed by atoms with Gasteiger partial charge in [0.2, 0.25) is 5.91 Å². The lowest BCUT2D eigenvalue weighted by atomic mass is 10.2. The van der Waals surface area contributed by atoms with Crippen molar-refractivity contribution in [2.24, 2.45) is 0 Å². The normalized spacial score (nSPS) is 16.3. The summed E-state index contributed by atoms with van der Waals surface area (Å²) >= 11 is 2.86. The number of rotatable bonds is 6. The van der Waals surface area contributed by atoms with Crippen LogP contribution < -0.4 is 14.8 Å². The number of nitrogens with zero attached hydrogens (tertiary/aromatic N) is 1. The minimum absolute atomic E-state index is 0.0870. The molecule has 5 nitrogen and oxygen atoms in total. The molecule has 0 aliphatic carbocycles. The van der Waals surface area contributed by atoms with Crippen molar-refractivity contribution in [3.63, 3.8) is 0 Å². The molecule has 8 heteroatoms. The molecule has 1 amide bonds. The Morgan fingerprint density at radius 2 is 2.03 bits per heavy atom. The highest BCUT2D eigenvalue weighted by Crippen LogP contribution is 2.32. The van der Waals surface area contributed by atoms with Crippen LogP contribution in [0.25, 0.3) is 11.3 Å². The zero-order valence-electron chi connectivity index (χ0n) is 15.6. The van der Waals surface area contributed by atoms with E-state index >= 15 is 0 Å². The highest BCUT2D eigenvalue weighted by molar-refractivity contribution is 8.02. The SMILES string of the molecule is CC(Sc1nc(-c2ccc(F)cc2)cs1)C(=O)NCC1COc2ccccc2O1. The van der Waals surface area contributed by atoms with E-state index in [0.29, 0.717) is 18.9 Å². The number of fused-ring (bicyclic) bond motifs is 1. The third-order valence-electron chi connectivity index (χ3n) is 4.34. The fraction of sp³-hybridized carbons (Fsp3) is 0.238. The number of hydrogen-bond acceptors (Lipinski definition) is 6. The number of thiazole rings is 1. The van der Waals surface area contributed by atoms with Crippen LogP contribution in [-0.2, 0) is 4.79 Å². The summed E-state index contributed by atoms with van der Waals surface area (Å²) < 4.78 is 25.4. The number of aromatic nitrogens is 1. The maximum Gasteiger partial charge on any atom is 0.233 e. The molecule has 1 aliphatic rings. The minimum atomic E-state index is -0.306. The van der Waals surface area contributed by atoms with E-state index in [1.165, 1.54) is 35.2 Å². The van der Waals surface area contributed by atoms with Crippen LogP contribution in [0.15, 0.2) is 58.3 Å². The fourth-order valence-electron chi connectivity index (χ4n) is 2.79. The van der Waals surface area contributed by atoms with Crippen LogP contribution in [0.2, 0.25) is 0 Å². The van der Waals surface area contributed by atoms with E-state index in [1.54, 1.807) is 12.1 Å². The van der Waals surface area contributed by atoms with Gasteiger partial charge in [-0.1, -0.05) is 23.9 Å². The molecule has 0 saturated carbocycles. The zero-order chi connectivity index (χ0) is 20.2. The summed E-state index contributed by atoms with van der Waals surface area (Å²) in [4.78, 5) is 17.0. The van der Waals surface area contributed by atoms with Crippen molar-refractivity contribution in [1.82, 2.24) is 10.3 Å². The molecule has 0 bridgehead atoms. The Morgan fingerprint density at radius 3 is 2.83 bits per heavy atom. The van der Waals surface area contributed by atoms with Crippen LogP contribution in [0.1, 0.15) is 6.92 Å². The molecular formula is C21H19FN2O3S2. The Hall–Kier alpha value is -2.58. The van der Waals surface area contributed by atoms with Crippen molar-refractivity contribution in [2.45, 2.75) is 22.6 Å². The molecule has 2 heterocycles. The Bertz CT molecular complexity index is 994. The first-order chi connectivity index (χ1) is 14.1. The van der Waals surface area contributed by atoms with Gasteiger partial charge in [-0.15, -0.1) is 11.3 Å². The van der Waals surface area contributed by atoms with Gasteiger partial charge >= 0.3 is 0 Å². The maximum absolute atomic E-state index is 13.1. The van der Waals surface area contributed by atoms with Gasteiger partial charge in [-0.05, 0) is 43.3 Å². The first-order valence-corrected chi connectivity index (χ1v) is 10.9. The molecule has 2 unspecified atom stereocenters. The second kappa shape index (κ2) is 8.84. The van der Waals surface area contributed by atoms with Gasteiger partial charge in [-0.25, -0.2) is 9.37 Å². The van der Waals surface area contributed by atoms with Crippen molar-refractivity contribution in [3.05, 3.63) is 59.7 Å². The van der Waals surface area contributed by atoms with Gasteiger partial charge < -0.3 is 14.8 Å². The van der Waals surface area contributed by atoms with Crippen LogP contribution in [0, 0.1) is 5.82 Å². The van der Waals surface area contributed by atoms with Gasteiger partial charge in [0, 0.05) is 10.9 Å². The largest absolute Gasteiger partial charge is 0.486 e. The average Bonchev–Trinajstić information content (AvgIpc) is 3.20. The van der Waals surface area contributed by atoms with Gasteiger partial charge in [0.25, 0.3) is 0 Å². The molecule has 0 spiro atoms. The third-order valence-corrected chi connectivity index (χ3v) is 6.41. The molecule has 29 heavy (non-hydrogen) atoms. The lowest BCUT2D eigenvalue weighted by Crippen LogP contribution is -2.42. The van der Waals surface area contributed by atoms with Gasteiger partial charge in [0.15, 0.2) is 15.8 Å². The first kappa shape index (κ1) is 19.7. The molecular weight excluding hydrogens is 411 g/mol. The van der Waals surface area contributed by atoms with Crippen LogP contribution in [0.4, 0.5) is 4.39 Å². The van der Waals surface area contributed by atoms with E-state index in [2.05, 4.69) is 10.3 Å². The molecule has 3 aromatic rings. The maximum atomic E-state index is 13.1. The van der Waals surface area contributed by atoms with E-state index in [9.17, 15) is 9.18 Å². The summed E-state index contributed by atoms with van der Waals surface area (Å²) in [5.41, 5.74) is 1.62. The van der Waals surface area contributed by atoms with Crippen molar-refractivity contribution >= 4 is 29.0 Å². The van der Waals surface area contributed by atoms with Crippen molar-refractivity contribution in [1.29, 1.82) is 0 Å². The Balaban J connectivity index is 1.28. The highest BCUT2D eigenvalue weighted by atomic mass is 32.2. The number of carbonyl (C=O) groups excluding carboxylic acids is 1. The average molecular weight is 431 g/mol. The van der Waals surface area contributed by atoms with E-state index in [-0.39, 0.29) is 23.1 Å². The summed E-state index contributed by atoms with van der Waals surface area (Å²) in [6.45, 7) is 2.61. The third kappa shape index (κ3) is 4.89. The molecule has 150 valence electrons. The number of thioether (sulfide) groups is 1. The summed E-state index contributed by atoms with van der Waals surface area (Å²) in [6.07, 6.45) is -0.226. The summed E-state index contributed by atoms with van der Waals surface area (Å²) in [6, 6.07) is 13.7. The second-order valence-corrected chi connectivity index (χ2v) is 8.95. The molecule has 1 aromatic heterocycles. The Labute approximate surface area is 176 Å². The van der Waals surface area contributed by atoms with Crippen molar-refractivity contribution in [3.8, 4) is 22.8 Å². The number of para-hydroxylation sites is 2. The number of carbonyl (C=O) groups is 1. The molecule has 0 saturated heterocycles. The lowest BCUT2D eigenvalue weighted by Gasteiger charge is -2.26. The summed E-state index contributed by atoms with van der Waals surface area (Å²) in [7, 11) is 0. The van der Waals surface area contributed by atoms with Crippen LogP contribution in [0.5, 0.6) is 11.5 Å². The standard InChI is InChI=1S/C21H19FN2O3S2/c1-13(29-21-24-17(12-28-21)14-6-8-15(22)9-7-14)20(25)23-10-16-11-26-18-4-2-3-5-19(18)27-16/h2-9,12-13,16H,10-11H2,1H3,(H,23,25). The number of hydrogen-bond donors (Lipinski definition) is 1. The zero-order valence-corrected chi connectivity index (χ0v) is 17.3. The number of ether oxygens (including phenoxy) is 2. The molecule has 4 rings (SSSR count). The summed E-state index contributed by atoms with van der Waals surface area (Å²) in [5, 5.41) is 4.52. The number of halogens is 1. The molecule has 2 aromatic carbocycles. The van der Waals surface area contributed by atoms with Gasteiger partial charge in [-0.2, -0.15) is 0 Å². The van der Waals surface area contributed by atoms with Crippen molar-refractivity contribution in [2.75, 3.05) is 13.2 Å². The minimum Gasteiger partial charge on any atom is -0.486 e. The lowest BCUT2D eigenvalue weighted by molar-refractivity contribution is -0.120. The Kier molecular flexibility index (Phi) is 6.01. The van der Waals surface area contributed by atoms with Gasteiger partial charge in [0.05, 0.1) is 17.5 Å². The summed E-state index contributed by atoms with van der Waals surface area (Å²) in [5.74, 6) is 1.05. The van der Waals surface area contributed by atoms with E-state index < -0.39 is 0 Å². The Morgan fingerprint density at radius 1 is 1.28 bits per heavy atom. The molecule has 0 radical (unpaired) electrons. The van der Waals surface area contributed by atoms with Gasteiger partial charge in [0.1, 0.15) is 18.5 Å². The van der Waals surface area contributed by atoms with Crippen LogP contribution in [0.3, 0.4) is 0 Å². The predicted molar refractivity (Wildman–Crippen MR) is 112 cm³/mol. The van der Waals surface area contributed by atoms with E-state index in [1.807, 2.05) is 36.6 Å². The monoisotopic (exact) mass is 430 g/mol. The first-order valence-electron chi connectivity index (χ1n) is 9.13.